The van der Waals surface area contributed by atoms with Gasteiger partial charge in [0, 0.05) is 19.3 Å². The fourth-order valence-corrected chi connectivity index (χ4v) is 16.3. The Bertz CT molecular complexity index is 2980. The standard InChI is InChI=1S/C111H194O16P2/c1-4-7-10-13-16-19-22-25-28-31-34-37-40-43-45-47-49-51-52-54-56-57-59-62-64-67-70-73-76-79-82-85-88-91-94-97-109(114)121-100-106(112)101-123-128(117,118)124-102-107(113)103-125-129(119,120)126-105-108(127-111(116)99-96-93-90-87-84-81-78-75-72-69-66-61-42-39-36-33-30-27-24-21-18-15-12-9-6-3)104-122-110(115)98-95-92-89-86-83-80-77-74-71-68-65-63-60-58-55-53-50-48-46-44-41-38-35-32-29-26-23-20-17-14-11-8-5-2/h9,12,16-21,25-30,34-39,43-46,61,66,106-108,112-113H,4-8,10-11,13-15,22-24,31-33,40-42,47-60,62-65,67-105H2,1-3H3,(H,117,118)(H,119,120)/b12-9-,19-16-,20-17-,21-18-,28-25-,29-26-,30-27-,37-34-,38-35-,39-36-,45-43-,46-44-,66-61-. The summed E-state index contributed by atoms with van der Waals surface area (Å²) in [4.78, 5) is 59.2. The van der Waals surface area contributed by atoms with Gasteiger partial charge in [-0.2, -0.15) is 0 Å². The van der Waals surface area contributed by atoms with Crippen molar-refractivity contribution in [2.45, 2.75) is 489 Å². The van der Waals surface area contributed by atoms with E-state index in [4.69, 9.17) is 32.3 Å². The molecule has 5 atom stereocenters. The molecule has 129 heavy (non-hydrogen) atoms. The normalized spacial score (nSPS) is 14.3. The molecule has 0 saturated heterocycles. The summed E-state index contributed by atoms with van der Waals surface area (Å²) in [5, 5.41) is 20.8. The number of carbonyl (C=O) groups excluding carboxylic acids is 3. The zero-order chi connectivity index (χ0) is 93.5. The second-order valence-electron chi connectivity index (χ2n) is 35.3. The first-order valence-corrected chi connectivity index (χ1v) is 55.8. The monoisotopic (exact) mass is 1850 g/mol. The molecule has 0 aromatic rings. The summed E-state index contributed by atoms with van der Waals surface area (Å²) in [5.41, 5.74) is 0. The van der Waals surface area contributed by atoms with Crippen molar-refractivity contribution in [1.29, 1.82) is 0 Å². The quantitative estimate of drug-likeness (QED) is 0.0146. The fraction of sp³-hybridized carbons (Fsp3) is 0.739. The molecule has 0 bridgehead atoms. The van der Waals surface area contributed by atoms with Crippen LogP contribution in [0.15, 0.2) is 158 Å². The van der Waals surface area contributed by atoms with Gasteiger partial charge >= 0.3 is 33.6 Å². The minimum atomic E-state index is -4.95. The lowest BCUT2D eigenvalue weighted by Gasteiger charge is -2.21. The highest BCUT2D eigenvalue weighted by molar-refractivity contribution is 7.47. The first kappa shape index (κ1) is 124. The molecule has 5 unspecified atom stereocenters. The molecule has 0 spiro atoms. The summed E-state index contributed by atoms with van der Waals surface area (Å²) in [6.45, 7) is 2.59. The van der Waals surface area contributed by atoms with Gasteiger partial charge in [0.1, 0.15) is 25.4 Å². The molecule has 0 aromatic carbocycles. The van der Waals surface area contributed by atoms with Gasteiger partial charge in [0.25, 0.3) is 0 Å². The molecule has 0 rings (SSSR count). The third-order valence-electron chi connectivity index (χ3n) is 22.7. The topological polar surface area (TPSA) is 231 Å². The number of hydrogen-bond donors (Lipinski definition) is 4. The van der Waals surface area contributed by atoms with E-state index in [1.54, 1.807) is 0 Å². The van der Waals surface area contributed by atoms with E-state index in [2.05, 4.69) is 179 Å². The van der Waals surface area contributed by atoms with Crippen LogP contribution in [0.3, 0.4) is 0 Å². The molecule has 0 radical (unpaired) electrons. The number of hydrogen-bond acceptors (Lipinski definition) is 14. The van der Waals surface area contributed by atoms with Gasteiger partial charge in [-0.3, -0.25) is 32.5 Å². The Kier molecular flexibility index (Phi) is 98.3. The van der Waals surface area contributed by atoms with Crippen LogP contribution >= 0.6 is 15.6 Å². The summed E-state index contributed by atoms with van der Waals surface area (Å²) in [6.07, 6.45) is 133. The number of ether oxygens (including phenoxy) is 3. The van der Waals surface area contributed by atoms with Crippen molar-refractivity contribution in [2.24, 2.45) is 0 Å². The van der Waals surface area contributed by atoms with Gasteiger partial charge in [0.2, 0.25) is 0 Å². The Balaban J connectivity index is 4.55. The van der Waals surface area contributed by atoms with Gasteiger partial charge in [-0.1, -0.05) is 455 Å². The molecule has 0 fully saturated rings. The predicted molar refractivity (Wildman–Crippen MR) is 546 cm³/mol. The zero-order valence-electron chi connectivity index (χ0n) is 82.6. The van der Waals surface area contributed by atoms with Gasteiger partial charge < -0.3 is 34.2 Å². The number of esters is 3. The van der Waals surface area contributed by atoms with E-state index in [9.17, 15) is 43.5 Å². The molecule has 0 aromatic heterocycles. The summed E-state index contributed by atoms with van der Waals surface area (Å²) in [6, 6.07) is 0. The van der Waals surface area contributed by atoms with Gasteiger partial charge in [-0.15, -0.1) is 0 Å². The Morgan fingerprint density at radius 3 is 0.651 bits per heavy atom. The van der Waals surface area contributed by atoms with E-state index in [1.165, 1.54) is 270 Å². The second-order valence-corrected chi connectivity index (χ2v) is 38.2. The Labute approximate surface area is 790 Å². The van der Waals surface area contributed by atoms with Crippen LogP contribution in [0.5, 0.6) is 0 Å². The van der Waals surface area contributed by atoms with E-state index in [0.29, 0.717) is 19.3 Å². The maximum absolute atomic E-state index is 13.1. The summed E-state index contributed by atoms with van der Waals surface area (Å²) < 4.78 is 61.7. The van der Waals surface area contributed by atoms with Gasteiger partial charge in [0.05, 0.1) is 26.4 Å². The minimum absolute atomic E-state index is 0.0953. The number of unbranched alkanes of at least 4 members (excludes halogenated alkanes) is 51. The Hall–Kier alpha value is -4.83. The van der Waals surface area contributed by atoms with Crippen molar-refractivity contribution in [2.75, 3.05) is 39.6 Å². The van der Waals surface area contributed by atoms with Crippen LogP contribution in [0, 0.1) is 0 Å². The Morgan fingerprint density at radius 1 is 0.225 bits per heavy atom. The largest absolute Gasteiger partial charge is 0.472 e. The van der Waals surface area contributed by atoms with Crippen LogP contribution in [0.4, 0.5) is 0 Å². The van der Waals surface area contributed by atoms with Crippen LogP contribution < -0.4 is 0 Å². The smallest absolute Gasteiger partial charge is 0.463 e. The first-order chi connectivity index (χ1) is 63.2. The molecular formula is C111H194O16P2. The number of aliphatic hydroxyl groups is 2. The van der Waals surface area contributed by atoms with Crippen LogP contribution in [-0.4, -0.2) is 95.9 Å². The lowest BCUT2D eigenvalue weighted by Crippen LogP contribution is -2.30. The third-order valence-corrected chi connectivity index (χ3v) is 24.6. The van der Waals surface area contributed by atoms with E-state index in [0.717, 1.165) is 141 Å². The molecule has 4 N–H and O–H groups in total. The van der Waals surface area contributed by atoms with Crippen molar-refractivity contribution in [3.05, 3.63) is 158 Å². The lowest BCUT2D eigenvalue weighted by molar-refractivity contribution is -0.161. The number of allylic oxidation sites excluding steroid dienone is 26. The van der Waals surface area contributed by atoms with Gasteiger partial charge in [-0.05, 0) is 154 Å². The highest BCUT2D eigenvalue weighted by atomic mass is 31.2. The number of phosphoric ester groups is 2. The van der Waals surface area contributed by atoms with E-state index < -0.39 is 91.5 Å². The number of carbonyl (C=O) groups is 3. The molecule has 16 nitrogen and oxygen atoms in total. The predicted octanol–water partition coefficient (Wildman–Crippen LogP) is 33.6. The average molecular weight is 1850 g/mol. The lowest BCUT2D eigenvalue weighted by atomic mass is 10.0. The SMILES string of the molecule is CC/C=C\C/C=C\C/C=C\C/C=C\C/C=C\CCCCCCCCCCCC(=O)OC(COC(=O)CCCCCCCCCCCCCCCCCCC/C=C\C/C=C\C/C=C\C/C=C\CCCCC)COP(=O)(O)OCC(O)COP(=O)(O)OCC(O)COC(=O)CCCCCCCCCCCCCCCCCCCCC/C=C\C/C=C\C/C=C\C/C=C\CCCCC. The van der Waals surface area contributed by atoms with Crippen LogP contribution in [-0.2, 0) is 55.8 Å². The number of phosphoric acid groups is 2. The maximum atomic E-state index is 13.1. The number of aliphatic hydroxyl groups excluding tert-OH is 2. The van der Waals surface area contributed by atoms with Crippen molar-refractivity contribution < 1.29 is 75.8 Å². The molecule has 0 aliphatic heterocycles. The van der Waals surface area contributed by atoms with Crippen molar-refractivity contribution >= 4 is 33.6 Å². The molecule has 0 aliphatic carbocycles. The van der Waals surface area contributed by atoms with Crippen molar-refractivity contribution in [1.82, 2.24) is 0 Å². The van der Waals surface area contributed by atoms with E-state index in [-0.39, 0.29) is 19.3 Å². The van der Waals surface area contributed by atoms with Crippen molar-refractivity contribution in [3.63, 3.8) is 0 Å². The molecular weight excluding hydrogens is 1650 g/mol. The van der Waals surface area contributed by atoms with Crippen molar-refractivity contribution in [3.8, 4) is 0 Å². The van der Waals surface area contributed by atoms with E-state index >= 15 is 0 Å². The highest BCUT2D eigenvalue weighted by Gasteiger charge is 2.30. The molecule has 0 heterocycles. The highest BCUT2D eigenvalue weighted by Crippen LogP contribution is 2.45. The minimum Gasteiger partial charge on any atom is -0.463 e. The second kappa shape index (κ2) is 102. The maximum Gasteiger partial charge on any atom is 0.472 e. The molecule has 0 aliphatic rings. The van der Waals surface area contributed by atoms with Crippen LogP contribution in [0.25, 0.3) is 0 Å². The van der Waals surface area contributed by atoms with Crippen LogP contribution in [0.1, 0.15) is 470 Å². The molecule has 0 amide bonds. The molecule has 744 valence electrons. The van der Waals surface area contributed by atoms with Gasteiger partial charge in [0.15, 0.2) is 6.10 Å². The zero-order valence-corrected chi connectivity index (χ0v) is 84.4. The summed E-state index contributed by atoms with van der Waals surface area (Å²) in [5.74, 6) is -1.56. The molecule has 0 saturated carbocycles. The van der Waals surface area contributed by atoms with E-state index in [1.807, 2.05) is 0 Å². The average Bonchev–Trinajstić information content (AvgIpc) is 0.898. The fourth-order valence-electron chi connectivity index (χ4n) is 14.7. The van der Waals surface area contributed by atoms with Gasteiger partial charge in [-0.25, -0.2) is 9.13 Å². The first-order valence-electron chi connectivity index (χ1n) is 52.8. The summed E-state index contributed by atoms with van der Waals surface area (Å²) >= 11 is 0. The Morgan fingerprint density at radius 2 is 0.411 bits per heavy atom. The van der Waals surface area contributed by atoms with Crippen LogP contribution in [0.2, 0.25) is 0 Å². The number of rotatable bonds is 100. The summed E-state index contributed by atoms with van der Waals surface area (Å²) in [7, 11) is -9.82. The third kappa shape index (κ3) is 104. The molecule has 18 heteroatoms.